The molecule has 0 radical (unpaired) electrons. The van der Waals surface area contributed by atoms with Crippen molar-refractivity contribution in [3.05, 3.63) is 389 Å². The first kappa shape index (κ1) is 82.5. The number of nitrogens with zero attached hydrogens (tertiary/aromatic N) is 4. The lowest BCUT2D eigenvalue weighted by Gasteiger charge is -2.47. The van der Waals surface area contributed by atoms with Crippen molar-refractivity contribution in [2.75, 3.05) is 9.80 Å². The number of aromatic nitrogens is 2. The van der Waals surface area contributed by atoms with Crippen molar-refractivity contribution in [2.24, 2.45) is 0 Å². The maximum absolute atomic E-state index is 2.82. The van der Waals surface area contributed by atoms with Crippen molar-refractivity contribution in [1.29, 1.82) is 0 Å². The van der Waals surface area contributed by atoms with E-state index >= 15 is 0 Å². The Morgan fingerprint density at radius 3 is 0.862 bits per heavy atom. The third-order valence-electron chi connectivity index (χ3n) is 29.4. The highest BCUT2D eigenvalue weighted by Gasteiger charge is 2.54. The molecule has 0 unspecified atom stereocenters. The van der Waals surface area contributed by atoms with Crippen LogP contribution in [0.25, 0.3) is 122 Å². The largest absolute Gasteiger partial charge is 0.310 e. The molecule has 0 saturated heterocycles. The van der Waals surface area contributed by atoms with E-state index in [1.54, 1.807) is 0 Å². The Morgan fingerprint density at radius 2 is 0.515 bits per heavy atom. The molecular weight excluding hydrogens is 1570 g/mol. The number of hydrogen-bond donors (Lipinski definition) is 0. The van der Waals surface area contributed by atoms with Crippen LogP contribution in [0.3, 0.4) is 0 Å². The minimum absolute atomic E-state index is 0.0806. The predicted molar refractivity (Wildman–Crippen MR) is 558 cm³/mol. The highest BCUT2D eigenvalue weighted by atomic mass is 15.2. The number of benzene rings is 16. The molecule has 5 heteroatoms. The third-order valence-corrected chi connectivity index (χ3v) is 29.4. The lowest BCUT2D eigenvalue weighted by atomic mass is 9.33. The SMILES string of the molecule is CC(C)(C)c1ccc(-c2cc(C(C)(C)C)cc(-c3ccc(C(C)(C)C)cc3)c2N2c3cc(-n4c5ccccc5c5ccccc54)ccc3B3c4ccc(-n5c6ccccc6c6c7c(ccc65)-c5ccccc5C75c6ccccc6-c6ccccc65)cc4N(c4c(-c5ccc(C(C)(C)C)cc5)cc(C(C)(C)C)cc4-c4ccc(C(C)(C)C)cc4)c4cc(C(C)(C)C)cc2c43)cc1. The minimum atomic E-state index is -0.595. The molecule has 4 nitrogen and oxygen atoms in total. The molecule has 130 heavy (non-hydrogen) atoms. The lowest BCUT2D eigenvalue weighted by molar-refractivity contribution is 0.589. The van der Waals surface area contributed by atoms with Crippen LogP contribution in [0.15, 0.2) is 328 Å². The van der Waals surface area contributed by atoms with Crippen molar-refractivity contribution in [3.8, 4) is 78.1 Å². The van der Waals surface area contributed by atoms with Gasteiger partial charge in [-0.15, -0.1) is 0 Å². The molecule has 2 aliphatic heterocycles. The van der Waals surface area contributed by atoms with Gasteiger partial charge in [-0.05, 0) is 245 Å². The van der Waals surface area contributed by atoms with Crippen LogP contribution in [-0.4, -0.2) is 15.8 Å². The first-order valence-corrected chi connectivity index (χ1v) is 47.1. The molecule has 0 fully saturated rings. The van der Waals surface area contributed by atoms with Crippen LogP contribution >= 0.6 is 0 Å². The first-order chi connectivity index (χ1) is 61.9. The topological polar surface area (TPSA) is 16.3 Å². The van der Waals surface area contributed by atoms with Gasteiger partial charge in [-0.1, -0.05) is 388 Å². The van der Waals surface area contributed by atoms with Gasteiger partial charge in [0.1, 0.15) is 0 Å². The summed E-state index contributed by atoms with van der Waals surface area (Å²) in [6.07, 6.45) is 0. The zero-order valence-corrected chi connectivity index (χ0v) is 79.5. The number of hydrogen-bond acceptors (Lipinski definition) is 2. The van der Waals surface area contributed by atoms with Crippen LogP contribution in [0.2, 0.25) is 0 Å². The molecule has 4 aliphatic rings. The van der Waals surface area contributed by atoms with Crippen LogP contribution < -0.4 is 26.2 Å². The molecule has 640 valence electrons. The number of anilines is 6. The fraction of sp³-hybridized carbons (Fsp3) is 0.232. The second kappa shape index (κ2) is 28.9. The van der Waals surface area contributed by atoms with Crippen molar-refractivity contribution in [1.82, 2.24) is 9.13 Å². The first-order valence-electron chi connectivity index (χ1n) is 47.1. The summed E-state index contributed by atoms with van der Waals surface area (Å²) in [5, 5.41) is 4.96. The van der Waals surface area contributed by atoms with E-state index in [9.17, 15) is 0 Å². The summed E-state index contributed by atoms with van der Waals surface area (Å²) >= 11 is 0. The van der Waals surface area contributed by atoms with E-state index in [0.717, 1.165) is 62.1 Å². The highest BCUT2D eigenvalue weighted by Crippen LogP contribution is 2.66. The fourth-order valence-corrected chi connectivity index (χ4v) is 22.4. The Balaban J connectivity index is 0.916. The van der Waals surface area contributed by atoms with E-state index in [1.165, 1.54) is 171 Å². The van der Waals surface area contributed by atoms with E-state index < -0.39 is 10.8 Å². The quantitative estimate of drug-likeness (QED) is 0.141. The minimum Gasteiger partial charge on any atom is -0.310 e. The Morgan fingerprint density at radius 1 is 0.223 bits per heavy atom. The van der Waals surface area contributed by atoms with Crippen molar-refractivity contribution in [3.63, 3.8) is 0 Å². The normalized spacial score (nSPS) is 14.1. The molecule has 0 N–H and O–H groups in total. The molecular formula is C125H117BN4. The van der Waals surface area contributed by atoms with Crippen LogP contribution in [0.5, 0.6) is 0 Å². The second-order valence-corrected chi connectivity index (χ2v) is 44.9. The summed E-state index contributed by atoms with van der Waals surface area (Å²) in [7, 11) is 0. The number of para-hydroxylation sites is 3. The van der Waals surface area contributed by atoms with Gasteiger partial charge in [0.2, 0.25) is 0 Å². The Bertz CT molecular complexity index is 7450. The van der Waals surface area contributed by atoms with Crippen LogP contribution in [0.1, 0.15) is 207 Å². The maximum atomic E-state index is 2.82. The molecule has 16 aromatic carbocycles. The molecule has 1 spiro atoms. The molecule has 4 heterocycles. The van der Waals surface area contributed by atoms with Gasteiger partial charge in [0.05, 0.1) is 38.9 Å². The number of fused-ring (bicyclic) bond motifs is 21. The monoisotopic (exact) mass is 1680 g/mol. The molecule has 2 aliphatic carbocycles. The zero-order chi connectivity index (χ0) is 90.3. The third kappa shape index (κ3) is 12.7. The van der Waals surface area contributed by atoms with Gasteiger partial charge in [0.25, 0.3) is 6.71 Å². The Hall–Kier alpha value is -13.2. The molecule has 0 bridgehead atoms. The van der Waals surface area contributed by atoms with Gasteiger partial charge >= 0.3 is 0 Å². The summed E-state index contributed by atoms with van der Waals surface area (Å²) in [5.41, 5.74) is 44.4. The molecule has 18 aromatic rings. The van der Waals surface area contributed by atoms with Gasteiger partial charge in [0.15, 0.2) is 0 Å². The molecule has 2 aromatic heterocycles. The fourth-order valence-electron chi connectivity index (χ4n) is 22.4. The van der Waals surface area contributed by atoms with E-state index in [0.29, 0.717) is 0 Å². The van der Waals surface area contributed by atoms with Crippen molar-refractivity contribution < 1.29 is 0 Å². The summed E-state index contributed by atoms with van der Waals surface area (Å²) in [6, 6.07) is 130. The summed E-state index contributed by atoms with van der Waals surface area (Å²) in [5.74, 6) is 0. The van der Waals surface area contributed by atoms with E-state index in [4.69, 9.17) is 0 Å². The summed E-state index contributed by atoms with van der Waals surface area (Å²) in [6.45, 7) is 49.5. The standard InChI is InChI=1S/C125H117BN4/c1-118(2,3)80-54-46-76(47-55-80)96-68-84(122(13,14)15)69-97(77-48-56-81(57-49-77)119(4,5)6)116(96)129-109-74-87(127-105-43-31-25-37-92(105)93-38-26-32-44-106(93)127)62-65-103(109)126-104-66-63-88(128-107-45-33-27-39-95(107)113-108(128)67-64-94-91-36-24-30-42-102(91)125(114(94)113)100-40-28-22-34-89(100)90-35-23-29-41-101(90)125)75-110(104)130(112-73-86(124(19,20)21)72-111(129)115(112)126)117-98(78-50-58-82(59-51-78)120(7,8)9)70-85(123(16,17)18)71-99(117)79-52-60-83(61-53-79)121(10,11)12/h22-75H,1-21H3. The van der Waals surface area contributed by atoms with Gasteiger partial charge in [0, 0.05) is 77.9 Å². The van der Waals surface area contributed by atoms with Gasteiger partial charge in [-0.3, -0.25) is 0 Å². The average Bonchev–Trinajstić information content (AvgIpc) is 1.49. The second-order valence-electron chi connectivity index (χ2n) is 44.9. The Kier molecular flexibility index (Phi) is 18.3. The molecule has 22 rings (SSSR count). The van der Waals surface area contributed by atoms with E-state index in [-0.39, 0.29) is 39.2 Å². The van der Waals surface area contributed by atoms with Crippen LogP contribution in [0, 0.1) is 0 Å². The summed E-state index contributed by atoms with van der Waals surface area (Å²) in [4.78, 5) is 5.61. The molecule has 0 atom stereocenters. The lowest BCUT2D eigenvalue weighted by Crippen LogP contribution is -2.61. The van der Waals surface area contributed by atoms with Crippen molar-refractivity contribution in [2.45, 2.75) is 189 Å². The van der Waals surface area contributed by atoms with E-state index in [1.807, 2.05) is 0 Å². The predicted octanol–water partition coefficient (Wildman–Crippen LogP) is 32.1. The molecule has 0 amide bonds. The number of rotatable bonds is 8. The van der Waals surface area contributed by atoms with Gasteiger partial charge in [-0.2, -0.15) is 0 Å². The van der Waals surface area contributed by atoms with Crippen LogP contribution in [0.4, 0.5) is 34.1 Å². The Labute approximate surface area is 770 Å². The smallest absolute Gasteiger partial charge is 0.252 e. The average molecular weight is 1690 g/mol. The van der Waals surface area contributed by atoms with Crippen LogP contribution in [-0.2, 0) is 43.3 Å². The zero-order valence-electron chi connectivity index (χ0n) is 79.5. The highest BCUT2D eigenvalue weighted by molar-refractivity contribution is 7.00. The van der Waals surface area contributed by atoms with Gasteiger partial charge in [-0.25, -0.2) is 0 Å². The summed E-state index contributed by atoms with van der Waals surface area (Å²) < 4.78 is 5.18. The maximum Gasteiger partial charge on any atom is 0.252 e. The van der Waals surface area contributed by atoms with E-state index in [2.05, 4.69) is 492 Å². The van der Waals surface area contributed by atoms with Gasteiger partial charge < -0.3 is 18.9 Å². The molecule has 0 saturated carbocycles. The van der Waals surface area contributed by atoms with Crippen molar-refractivity contribution >= 4 is 101 Å².